The van der Waals surface area contributed by atoms with E-state index in [1.165, 1.54) is 0 Å². The van der Waals surface area contributed by atoms with Crippen molar-refractivity contribution in [1.82, 2.24) is 5.32 Å². The molecular weight excluding hydrogens is 238 g/mol. The summed E-state index contributed by atoms with van der Waals surface area (Å²) in [6, 6.07) is 0.641. The van der Waals surface area contributed by atoms with Crippen molar-refractivity contribution in [1.29, 1.82) is 0 Å². The third-order valence-electron chi connectivity index (χ3n) is 5.21. The highest BCUT2D eigenvalue weighted by atomic mass is 16.2. The fraction of sp³-hybridized carbons (Fsp3) is 0.933. The molecule has 0 aromatic heterocycles. The zero-order chi connectivity index (χ0) is 13.9. The molecule has 110 valence electrons. The maximum absolute atomic E-state index is 12.6. The fourth-order valence-corrected chi connectivity index (χ4v) is 3.44. The van der Waals surface area contributed by atoms with Crippen molar-refractivity contribution in [3.05, 3.63) is 0 Å². The van der Waals surface area contributed by atoms with Gasteiger partial charge in [-0.3, -0.25) is 4.79 Å². The number of carbonyl (C=O) groups is 1. The Labute approximate surface area is 116 Å². The molecule has 0 unspecified atom stereocenters. The predicted molar refractivity (Wildman–Crippen MR) is 77.5 cm³/mol. The molecular formula is C15H29N3O. The first-order valence-electron chi connectivity index (χ1n) is 7.82. The summed E-state index contributed by atoms with van der Waals surface area (Å²) in [6.07, 6.45) is 8.23. The van der Waals surface area contributed by atoms with Crippen LogP contribution in [0.1, 0.15) is 58.3 Å². The summed E-state index contributed by atoms with van der Waals surface area (Å²) in [5.74, 6) is 0.933. The van der Waals surface area contributed by atoms with Crippen molar-refractivity contribution < 1.29 is 4.79 Å². The lowest BCUT2D eigenvalue weighted by molar-refractivity contribution is -0.133. The molecule has 2 aliphatic rings. The van der Waals surface area contributed by atoms with E-state index in [0.29, 0.717) is 18.6 Å². The van der Waals surface area contributed by atoms with Gasteiger partial charge in [0.2, 0.25) is 5.91 Å². The van der Waals surface area contributed by atoms with Crippen LogP contribution in [0, 0.1) is 11.3 Å². The van der Waals surface area contributed by atoms with Gasteiger partial charge in [0.05, 0.1) is 5.41 Å². The molecule has 0 heterocycles. The SMILES string of the molecule is CC1CCC(CN)(C(=O)NC2CCC(N)CC2)CC1. The molecule has 0 aromatic rings. The van der Waals surface area contributed by atoms with Crippen LogP contribution in [0.25, 0.3) is 0 Å². The lowest BCUT2D eigenvalue weighted by Gasteiger charge is -2.39. The van der Waals surface area contributed by atoms with Crippen LogP contribution in [0.15, 0.2) is 0 Å². The molecule has 2 rings (SSSR count). The Balaban J connectivity index is 1.90. The Kier molecular flexibility index (Phi) is 4.85. The first-order chi connectivity index (χ1) is 9.05. The van der Waals surface area contributed by atoms with Gasteiger partial charge in [0.1, 0.15) is 0 Å². The minimum atomic E-state index is -0.300. The number of hydrogen-bond acceptors (Lipinski definition) is 3. The second-order valence-electron chi connectivity index (χ2n) is 6.75. The molecule has 5 N–H and O–H groups in total. The highest BCUT2D eigenvalue weighted by Gasteiger charge is 2.40. The second-order valence-corrected chi connectivity index (χ2v) is 6.75. The first-order valence-corrected chi connectivity index (χ1v) is 7.82. The van der Waals surface area contributed by atoms with E-state index in [0.717, 1.165) is 57.3 Å². The van der Waals surface area contributed by atoms with Crippen LogP contribution in [-0.2, 0) is 4.79 Å². The molecule has 0 saturated heterocycles. The molecule has 4 heteroatoms. The average Bonchev–Trinajstić information content (AvgIpc) is 2.42. The quantitative estimate of drug-likeness (QED) is 0.725. The van der Waals surface area contributed by atoms with Crippen molar-refractivity contribution in [3.63, 3.8) is 0 Å². The molecule has 0 radical (unpaired) electrons. The third kappa shape index (κ3) is 3.48. The van der Waals surface area contributed by atoms with Gasteiger partial charge in [-0.1, -0.05) is 6.92 Å². The van der Waals surface area contributed by atoms with Gasteiger partial charge in [0.25, 0.3) is 0 Å². The second kappa shape index (κ2) is 6.23. The molecule has 2 fully saturated rings. The van der Waals surface area contributed by atoms with E-state index >= 15 is 0 Å². The Morgan fingerprint density at radius 2 is 1.74 bits per heavy atom. The number of nitrogens with two attached hydrogens (primary N) is 2. The summed E-state index contributed by atoms with van der Waals surface area (Å²) in [4.78, 5) is 12.6. The standard InChI is InChI=1S/C15H29N3O/c1-11-6-8-15(10-16,9-7-11)14(19)18-13-4-2-12(17)3-5-13/h11-13H,2-10,16-17H2,1H3,(H,18,19). The Bertz CT molecular complexity index is 303. The monoisotopic (exact) mass is 267 g/mol. The molecule has 19 heavy (non-hydrogen) atoms. The fourth-order valence-electron chi connectivity index (χ4n) is 3.44. The smallest absolute Gasteiger partial charge is 0.227 e. The molecule has 4 nitrogen and oxygen atoms in total. The van der Waals surface area contributed by atoms with Crippen LogP contribution in [0.2, 0.25) is 0 Å². The van der Waals surface area contributed by atoms with Gasteiger partial charge < -0.3 is 16.8 Å². The zero-order valence-electron chi connectivity index (χ0n) is 12.2. The normalized spacial score (nSPS) is 39.8. The third-order valence-corrected chi connectivity index (χ3v) is 5.21. The van der Waals surface area contributed by atoms with Crippen LogP contribution in [0.3, 0.4) is 0 Å². The molecule has 0 spiro atoms. The van der Waals surface area contributed by atoms with Crippen molar-refractivity contribution >= 4 is 5.91 Å². The maximum Gasteiger partial charge on any atom is 0.227 e. The van der Waals surface area contributed by atoms with Gasteiger partial charge >= 0.3 is 0 Å². The minimum Gasteiger partial charge on any atom is -0.353 e. The Morgan fingerprint density at radius 3 is 2.26 bits per heavy atom. The Hall–Kier alpha value is -0.610. The average molecular weight is 267 g/mol. The number of hydrogen-bond donors (Lipinski definition) is 3. The highest BCUT2D eigenvalue weighted by Crippen LogP contribution is 2.38. The van der Waals surface area contributed by atoms with Gasteiger partial charge in [0, 0.05) is 18.6 Å². The first kappa shape index (κ1) is 14.8. The van der Waals surface area contributed by atoms with Crippen LogP contribution in [-0.4, -0.2) is 24.5 Å². The van der Waals surface area contributed by atoms with Gasteiger partial charge in [-0.25, -0.2) is 0 Å². The molecule has 2 saturated carbocycles. The van der Waals surface area contributed by atoms with Crippen molar-refractivity contribution in [2.45, 2.75) is 70.4 Å². The largest absolute Gasteiger partial charge is 0.353 e. The van der Waals surface area contributed by atoms with Gasteiger partial charge in [0.15, 0.2) is 0 Å². The topological polar surface area (TPSA) is 81.1 Å². The summed E-state index contributed by atoms with van der Waals surface area (Å²) in [7, 11) is 0. The van der Waals surface area contributed by atoms with E-state index < -0.39 is 0 Å². The molecule has 0 atom stereocenters. The zero-order valence-corrected chi connectivity index (χ0v) is 12.2. The molecule has 0 bridgehead atoms. The van der Waals surface area contributed by atoms with Crippen molar-refractivity contribution in [2.24, 2.45) is 22.8 Å². The lowest BCUT2D eigenvalue weighted by Crippen LogP contribution is -2.51. The van der Waals surface area contributed by atoms with E-state index in [1.54, 1.807) is 0 Å². The molecule has 2 aliphatic carbocycles. The predicted octanol–water partition coefficient (Wildman–Crippen LogP) is 1.53. The summed E-state index contributed by atoms with van der Waals surface area (Å²) < 4.78 is 0. The van der Waals surface area contributed by atoms with Gasteiger partial charge in [-0.2, -0.15) is 0 Å². The molecule has 0 aliphatic heterocycles. The summed E-state index contributed by atoms with van der Waals surface area (Å²) >= 11 is 0. The van der Waals surface area contributed by atoms with Crippen molar-refractivity contribution in [3.8, 4) is 0 Å². The van der Waals surface area contributed by atoms with E-state index in [2.05, 4.69) is 12.2 Å². The Morgan fingerprint density at radius 1 is 1.16 bits per heavy atom. The van der Waals surface area contributed by atoms with Crippen LogP contribution < -0.4 is 16.8 Å². The molecule has 0 aromatic carbocycles. The van der Waals surface area contributed by atoms with Gasteiger partial charge in [-0.05, 0) is 57.3 Å². The lowest BCUT2D eigenvalue weighted by atomic mass is 9.70. The summed E-state index contributed by atoms with van der Waals surface area (Å²) in [5.41, 5.74) is 11.5. The number of rotatable bonds is 3. The number of carbonyl (C=O) groups excluding carboxylic acids is 1. The number of amides is 1. The number of nitrogens with one attached hydrogen (secondary N) is 1. The van der Waals surface area contributed by atoms with Crippen molar-refractivity contribution in [2.75, 3.05) is 6.54 Å². The van der Waals surface area contributed by atoms with E-state index in [9.17, 15) is 4.79 Å². The van der Waals surface area contributed by atoms with Gasteiger partial charge in [-0.15, -0.1) is 0 Å². The summed E-state index contributed by atoms with van der Waals surface area (Å²) in [6.45, 7) is 2.75. The van der Waals surface area contributed by atoms with Crippen LogP contribution >= 0.6 is 0 Å². The van der Waals surface area contributed by atoms with E-state index in [4.69, 9.17) is 11.5 Å². The van der Waals surface area contributed by atoms with E-state index in [1.807, 2.05) is 0 Å². The molecule has 1 amide bonds. The maximum atomic E-state index is 12.6. The van der Waals surface area contributed by atoms with Crippen LogP contribution in [0.4, 0.5) is 0 Å². The minimum absolute atomic E-state index is 0.197. The highest BCUT2D eigenvalue weighted by molar-refractivity contribution is 5.83. The summed E-state index contributed by atoms with van der Waals surface area (Å²) in [5, 5.41) is 3.24. The van der Waals surface area contributed by atoms with Crippen LogP contribution in [0.5, 0.6) is 0 Å². The van der Waals surface area contributed by atoms with E-state index in [-0.39, 0.29) is 11.3 Å².